The molecule has 0 saturated heterocycles. The molecule has 1 aliphatic carbocycles. The molecule has 1 heterocycles. The number of likely N-dealkylation sites (N-methyl/N-ethyl adjacent to an activating group) is 1. The van der Waals surface area contributed by atoms with Crippen LogP contribution in [0.5, 0.6) is 0 Å². The number of rotatable bonds is 7. The lowest BCUT2D eigenvalue weighted by Gasteiger charge is -2.18. The highest BCUT2D eigenvalue weighted by Gasteiger charge is 2.16. The molecule has 28 heavy (non-hydrogen) atoms. The van der Waals surface area contributed by atoms with E-state index in [4.69, 9.17) is 4.98 Å². The fourth-order valence-electron chi connectivity index (χ4n) is 3.47. The summed E-state index contributed by atoms with van der Waals surface area (Å²) in [5, 5.41) is 6.51. The van der Waals surface area contributed by atoms with Crippen molar-refractivity contribution in [3.8, 4) is 11.4 Å². The quantitative estimate of drug-likeness (QED) is 0.718. The van der Waals surface area contributed by atoms with Crippen LogP contribution in [0.2, 0.25) is 0 Å². The minimum absolute atomic E-state index is 0.162. The lowest BCUT2D eigenvalue weighted by molar-refractivity contribution is 0.0946. The van der Waals surface area contributed by atoms with Gasteiger partial charge in [-0.3, -0.25) is 4.79 Å². The fourth-order valence-corrected chi connectivity index (χ4v) is 3.47. The predicted octanol–water partition coefficient (Wildman–Crippen LogP) is 3.57. The summed E-state index contributed by atoms with van der Waals surface area (Å²) in [4.78, 5) is 23.9. The van der Waals surface area contributed by atoms with Crippen LogP contribution < -0.4 is 10.6 Å². The summed E-state index contributed by atoms with van der Waals surface area (Å²) < 4.78 is 0. The van der Waals surface area contributed by atoms with Crippen LogP contribution in [0, 0.1) is 0 Å². The molecule has 0 aliphatic heterocycles. The largest absolute Gasteiger partial charge is 0.367 e. The Hall–Kier alpha value is -2.47. The first-order chi connectivity index (χ1) is 13.6. The Morgan fingerprint density at radius 3 is 2.46 bits per heavy atom. The number of amides is 1. The van der Waals surface area contributed by atoms with Crippen LogP contribution in [0.1, 0.15) is 49.0 Å². The molecule has 0 unspecified atom stereocenters. The first kappa shape index (κ1) is 20.3. The second-order valence-electron chi connectivity index (χ2n) is 7.72. The monoisotopic (exact) mass is 381 g/mol. The molecule has 6 heteroatoms. The predicted molar refractivity (Wildman–Crippen MR) is 113 cm³/mol. The van der Waals surface area contributed by atoms with Gasteiger partial charge in [-0.2, -0.15) is 0 Å². The molecule has 0 atom stereocenters. The third kappa shape index (κ3) is 6.02. The first-order valence-electron chi connectivity index (χ1n) is 10.3. The average Bonchev–Trinajstić information content (AvgIpc) is 2.97. The molecule has 0 bridgehead atoms. The van der Waals surface area contributed by atoms with Gasteiger partial charge in [-0.15, -0.1) is 0 Å². The standard InChI is InChI=1S/C22H31N5O/c1-27(2)15-14-23-22(28)19-16-20(24-18-12-8-3-4-9-13-18)26-21(25-19)17-10-6-5-7-11-17/h5-7,10-11,16,18H,3-4,8-9,12-15H2,1-2H3,(H,23,28)(H,24,25,26). The fraction of sp³-hybridized carbons (Fsp3) is 0.500. The number of nitrogens with zero attached hydrogens (tertiary/aromatic N) is 3. The second kappa shape index (κ2) is 10.2. The van der Waals surface area contributed by atoms with Crippen molar-refractivity contribution < 1.29 is 4.79 Å². The maximum absolute atomic E-state index is 12.7. The van der Waals surface area contributed by atoms with Crippen molar-refractivity contribution in [1.29, 1.82) is 0 Å². The van der Waals surface area contributed by atoms with Gasteiger partial charge in [0.2, 0.25) is 0 Å². The SMILES string of the molecule is CN(C)CCNC(=O)c1cc(NC2CCCCCC2)nc(-c2ccccc2)n1. The van der Waals surface area contributed by atoms with Gasteiger partial charge in [0.1, 0.15) is 11.5 Å². The van der Waals surface area contributed by atoms with E-state index in [0.717, 1.165) is 30.8 Å². The lowest BCUT2D eigenvalue weighted by atomic mass is 10.1. The molecular formula is C22H31N5O. The number of carbonyl (C=O) groups is 1. The van der Waals surface area contributed by atoms with E-state index in [9.17, 15) is 4.79 Å². The number of nitrogens with one attached hydrogen (secondary N) is 2. The number of aromatic nitrogens is 2. The van der Waals surface area contributed by atoms with Crippen molar-refractivity contribution in [2.45, 2.75) is 44.6 Å². The molecule has 2 aromatic rings. The summed E-state index contributed by atoms with van der Waals surface area (Å²) in [6.07, 6.45) is 7.38. The second-order valence-corrected chi connectivity index (χ2v) is 7.72. The van der Waals surface area contributed by atoms with E-state index in [2.05, 4.69) is 15.6 Å². The van der Waals surface area contributed by atoms with Gasteiger partial charge < -0.3 is 15.5 Å². The summed E-state index contributed by atoms with van der Waals surface area (Å²) >= 11 is 0. The number of hydrogen-bond acceptors (Lipinski definition) is 5. The smallest absolute Gasteiger partial charge is 0.270 e. The number of hydrogen-bond donors (Lipinski definition) is 2. The maximum atomic E-state index is 12.7. The van der Waals surface area contributed by atoms with Gasteiger partial charge in [-0.1, -0.05) is 56.0 Å². The molecule has 0 spiro atoms. The third-order valence-corrected chi connectivity index (χ3v) is 5.04. The molecule has 1 aliphatic rings. The van der Waals surface area contributed by atoms with Crippen molar-refractivity contribution in [3.63, 3.8) is 0 Å². The summed E-state index contributed by atoms with van der Waals surface area (Å²) in [6.45, 7) is 1.37. The highest BCUT2D eigenvalue weighted by Crippen LogP contribution is 2.23. The van der Waals surface area contributed by atoms with Gasteiger partial charge in [0.15, 0.2) is 5.82 Å². The van der Waals surface area contributed by atoms with E-state index in [1.54, 1.807) is 6.07 Å². The molecule has 3 rings (SSSR count). The minimum atomic E-state index is -0.162. The Kier molecular flexibility index (Phi) is 7.37. The van der Waals surface area contributed by atoms with Gasteiger partial charge in [0.25, 0.3) is 5.91 Å². The molecule has 1 amide bonds. The molecule has 2 N–H and O–H groups in total. The van der Waals surface area contributed by atoms with E-state index in [0.29, 0.717) is 24.1 Å². The summed E-state index contributed by atoms with van der Waals surface area (Å²) in [5.41, 5.74) is 1.32. The third-order valence-electron chi connectivity index (χ3n) is 5.04. The van der Waals surface area contributed by atoms with E-state index < -0.39 is 0 Å². The van der Waals surface area contributed by atoms with Crippen LogP contribution in [0.4, 0.5) is 5.82 Å². The van der Waals surface area contributed by atoms with Crippen molar-refractivity contribution in [1.82, 2.24) is 20.2 Å². The zero-order valence-corrected chi connectivity index (χ0v) is 16.9. The zero-order valence-electron chi connectivity index (χ0n) is 16.9. The minimum Gasteiger partial charge on any atom is -0.367 e. The van der Waals surface area contributed by atoms with Gasteiger partial charge >= 0.3 is 0 Å². The van der Waals surface area contributed by atoms with Crippen LogP contribution in [0.25, 0.3) is 11.4 Å². The van der Waals surface area contributed by atoms with Crippen LogP contribution in [-0.4, -0.2) is 54.0 Å². The highest BCUT2D eigenvalue weighted by atomic mass is 16.1. The summed E-state index contributed by atoms with van der Waals surface area (Å²) in [6, 6.07) is 12.0. The van der Waals surface area contributed by atoms with Gasteiger partial charge in [-0.25, -0.2) is 9.97 Å². The summed E-state index contributed by atoms with van der Waals surface area (Å²) in [7, 11) is 3.97. The van der Waals surface area contributed by atoms with E-state index in [1.807, 2.05) is 49.3 Å². The van der Waals surface area contributed by atoms with E-state index in [1.165, 1.54) is 25.7 Å². The molecule has 1 aromatic carbocycles. The number of anilines is 1. The Balaban J connectivity index is 1.82. The Bertz CT molecular complexity index is 755. The number of benzene rings is 1. The van der Waals surface area contributed by atoms with Crippen LogP contribution in [-0.2, 0) is 0 Å². The Morgan fingerprint density at radius 2 is 1.79 bits per heavy atom. The molecule has 1 aromatic heterocycles. The topological polar surface area (TPSA) is 70.2 Å². The van der Waals surface area contributed by atoms with Gasteiger partial charge in [0.05, 0.1) is 0 Å². The van der Waals surface area contributed by atoms with Crippen LogP contribution >= 0.6 is 0 Å². The summed E-state index contributed by atoms with van der Waals surface area (Å²) in [5.74, 6) is 1.15. The van der Waals surface area contributed by atoms with Gasteiger partial charge in [0, 0.05) is 30.8 Å². The van der Waals surface area contributed by atoms with Crippen LogP contribution in [0.15, 0.2) is 36.4 Å². The molecule has 1 fully saturated rings. The average molecular weight is 382 g/mol. The van der Waals surface area contributed by atoms with Crippen LogP contribution in [0.3, 0.4) is 0 Å². The highest BCUT2D eigenvalue weighted by molar-refractivity contribution is 5.93. The molecular weight excluding hydrogens is 350 g/mol. The Morgan fingerprint density at radius 1 is 1.07 bits per heavy atom. The van der Waals surface area contributed by atoms with Crippen molar-refractivity contribution in [2.75, 3.05) is 32.5 Å². The molecule has 1 saturated carbocycles. The van der Waals surface area contributed by atoms with E-state index >= 15 is 0 Å². The normalized spacial score (nSPS) is 15.2. The van der Waals surface area contributed by atoms with Crippen molar-refractivity contribution >= 4 is 11.7 Å². The zero-order chi connectivity index (χ0) is 19.8. The van der Waals surface area contributed by atoms with Crippen molar-refractivity contribution in [3.05, 3.63) is 42.1 Å². The van der Waals surface area contributed by atoms with Crippen molar-refractivity contribution in [2.24, 2.45) is 0 Å². The van der Waals surface area contributed by atoms with E-state index in [-0.39, 0.29) is 5.91 Å². The lowest BCUT2D eigenvalue weighted by Crippen LogP contribution is -2.32. The molecule has 0 radical (unpaired) electrons. The molecule has 150 valence electrons. The maximum Gasteiger partial charge on any atom is 0.270 e. The first-order valence-corrected chi connectivity index (χ1v) is 10.3. The molecule has 6 nitrogen and oxygen atoms in total. The Labute approximate surface area is 167 Å². The van der Waals surface area contributed by atoms with Gasteiger partial charge in [-0.05, 0) is 26.9 Å². The number of carbonyl (C=O) groups excluding carboxylic acids is 1.